The SMILES string of the molecule is Nc1cccc(C(=O)NC2CCCc3ccccc32)c1Cl. The molecule has 1 amide bonds. The van der Waals surface area contributed by atoms with E-state index in [9.17, 15) is 4.79 Å². The van der Waals surface area contributed by atoms with Crippen LogP contribution in [0.15, 0.2) is 42.5 Å². The fourth-order valence-corrected chi connectivity index (χ4v) is 3.08. The Bertz CT molecular complexity index is 684. The first-order valence-corrected chi connectivity index (χ1v) is 7.47. The van der Waals surface area contributed by atoms with E-state index in [1.54, 1.807) is 18.2 Å². The summed E-state index contributed by atoms with van der Waals surface area (Å²) in [6, 6.07) is 13.4. The van der Waals surface area contributed by atoms with E-state index in [0.29, 0.717) is 16.3 Å². The summed E-state index contributed by atoms with van der Waals surface area (Å²) in [5, 5.41) is 3.40. The molecule has 108 valence electrons. The minimum absolute atomic E-state index is 0.0416. The fourth-order valence-electron chi connectivity index (χ4n) is 2.87. The Morgan fingerprint density at radius 3 is 2.86 bits per heavy atom. The Hall–Kier alpha value is -2.00. The van der Waals surface area contributed by atoms with Gasteiger partial charge in [0.1, 0.15) is 0 Å². The zero-order valence-electron chi connectivity index (χ0n) is 11.6. The van der Waals surface area contributed by atoms with Gasteiger partial charge in [0.25, 0.3) is 5.91 Å². The first-order chi connectivity index (χ1) is 10.2. The topological polar surface area (TPSA) is 55.1 Å². The van der Waals surface area contributed by atoms with Gasteiger partial charge in [-0.15, -0.1) is 0 Å². The van der Waals surface area contributed by atoms with Crippen LogP contribution < -0.4 is 11.1 Å². The molecule has 0 saturated heterocycles. The molecule has 0 fully saturated rings. The van der Waals surface area contributed by atoms with Gasteiger partial charge in [-0.2, -0.15) is 0 Å². The molecule has 1 aliphatic rings. The molecule has 3 nitrogen and oxygen atoms in total. The minimum atomic E-state index is -0.172. The summed E-state index contributed by atoms with van der Waals surface area (Å²) in [6.45, 7) is 0. The highest BCUT2D eigenvalue weighted by Crippen LogP contribution is 2.30. The second-order valence-corrected chi connectivity index (χ2v) is 5.70. The summed E-state index contributed by atoms with van der Waals surface area (Å²) >= 11 is 6.12. The lowest BCUT2D eigenvalue weighted by molar-refractivity contribution is 0.0933. The number of aryl methyl sites for hydroxylation is 1. The molecule has 0 aliphatic heterocycles. The lowest BCUT2D eigenvalue weighted by atomic mass is 9.87. The van der Waals surface area contributed by atoms with Crippen molar-refractivity contribution in [3.05, 3.63) is 64.2 Å². The van der Waals surface area contributed by atoms with E-state index in [2.05, 4.69) is 17.4 Å². The lowest BCUT2D eigenvalue weighted by Crippen LogP contribution is -2.31. The Balaban J connectivity index is 1.85. The van der Waals surface area contributed by atoms with Gasteiger partial charge in [0.2, 0.25) is 0 Å². The van der Waals surface area contributed by atoms with Gasteiger partial charge in [-0.1, -0.05) is 41.9 Å². The monoisotopic (exact) mass is 300 g/mol. The van der Waals surface area contributed by atoms with E-state index in [4.69, 9.17) is 17.3 Å². The number of carbonyl (C=O) groups excluding carboxylic acids is 1. The molecule has 0 saturated carbocycles. The Labute approximate surface area is 129 Å². The van der Waals surface area contributed by atoms with E-state index in [0.717, 1.165) is 19.3 Å². The predicted octanol–water partition coefficient (Wildman–Crippen LogP) is 3.73. The third-order valence-electron chi connectivity index (χ3n) is 3.95. The Morgan fingerprint density at radius 2 is 2.00 bits per heavy atom. The number of nitrogens with two attached hydrogens (primary N) is 1. The van der Waals surface area contributed by atoms with Crippen molar-refractivity contribution in [1.29, 1.82) is 0 Å². The third kappa shape index (κ3) is 2.74. The summed E-state index contributed by atoms with van der Waals surface area (Å²) in [4.78, 5) is 12.4. The maximum absolute atomic E-state index is 12.4. The van der Waals surface area contributed by atoms with E-state index in [-0.39, 0.29) is 11.9 Å². The van der Waals surface area contributed by atoms with Crippen LogP contribution >= 0.6 is 11.6 Å². The molecule has 0 spiro atoms. The minimum Gasteiger partial charge on any atom is -0.398 e. The van der Waals surface area contributed by atoms with Crippen molar-refractivity contribution in [1.82, 2.24) is 5.32 Å². The molecule has 0 bridgehead atoms. The predicted molar refractivity (Wildman–Crippen MR) is 85.5 cm³/mol. The van der Waals surface area contributed by atoms with Gasteiger partial charge in [-0.25, -0.2) is 0 Å². The van der Waals surface area contributed by atoms with Crippen LogP contribution in [0.1, 0.15) is 40.4 Å². The molecule has 3 N–H and O–H groups in total. The van der Waals surface area contributed by atoms with Gasteiger partial charge in [0, 0.05) is 0 Å². The van der Waals surface area contributed by atoms with E-state index in [1.807, 2.05) is 12.1 Å². The molecule has 2 aromatic carbocycles. The highest BCUT2D eigenvalue weighted by molar-refractivity contribution is 6.36. The van der Waals surface area contributed by atoms with Crippen LogP contribution in [0.3, 0.4) is 0 Å². The molecular weight excluding hydrogens is 284 g/mol. The normalized spacial score (nSPS) is 17.1. The van der Waals surface area contributed by atoms with Crippen LogP contribution in [0.4, 0.5) is 5.69 Å². The highest BCUT2D eigenvalue weighted by atomic mass is 35.5. The van der Waals surface area contributed by atoms with E-state index in [1.165, 1.54) is 11.1 Å². The first kappa shape index (κ1) is 14.0. The van der Waals surface area contributed by atoms with Crippen LogP contribution in [0.2, 0.25) is 5.02 Å². The molecule has 21 heavy (non-hydrogen) atoms. The zero-order valence-corrected chi connectivity index (χ0v) is 12.4. The summed E-state index contributed by atoms with van der Waals surface area (Å²) in [6.07, 6.45) is 3.09. The molecule has 0 heterocycles. The second-order valence-electron chi connectivity index (χ2n) is 5.33. The maximum atomic E-state index is 12.4. The van der Waals surface area contributed by atoms with Crippen LogP contribution in [0.25, 0.3) is 0 Å². The number of nitrogens with one attached hydrogen (secondary N) is 1. The van der Waals surface area contributed by atoms with Crippen molar-refractivity contribution in [2.45, 2.75) is 25.3 Å². The van der Waals surface area contributed by atoms with Gasteiger partial charge in [-0.3, -0.25) is 4.79 Å². The molecule has 1 unspecified atom stereocenters. The molecule has 0 aromatic heterocycles. The van der Waals surface area contributed by atoms with Crippen molar-refractivity contribution < 1.29 is 4.79 Å². The van der Waals surface area contributed by atoms with Crippen LogP contribution in [-0.2, 0) is 6.42 Å². The smallest absolute Gasteiger partial charge is 0.253 e. The summed E-state index contributed by atoms with van der Waals surface area (Å²) in [5.74, 6) is -0.172. The number of fused-ring (bicyclic) bond motifs is 1. The van der Waals surface area contributed by atoms with Crippen molar-refractivity contribution in [3.63, 3.8) is 0 Å². The summed E-state index contributed by atoms with van der Waals surface area (Å²) in [5.41, 5.74) is 9.13. The number of hydrogen-bond donors (Lipinski definition) is 2. The third-order valence-corrected chi connectivity index (χ3v) is 4.37. The van der Waals surface area contributed by atoms with Gasteiger partial charge in [0.05, 0.1) is 22.3 Å². The molecule has 0 radical (unpaired) electrons. The van der Waals surface area contributed by atoms with Crippen molar-refractivity contribution >= 4 is 23.2 Å². The Morgan fingerprint density at radius 1 is 1.19 bits per heavy atom. The lowest BCUT2D eigenvalue weighted by Gasteiger charge is -2.26. The molecule has 3 rings (SSSR count). The van der Waals surface area contributed by atoms with Gasteiger partial charge in [-0.05, 0) is 42.5 Å². The number of benzene rings is 2. The van der Waals surface area contributed by atoms with Crippen LogP contribution in [0.5, 0.6) is 0 Å². The van der Waals surface area contributed by atoms with Crippen molar-refractivity contribution in [2.24, 2.45) is 0 Å². The number of nitrogen functional groups attached to an aromatic ring is 1. The van der Waals surface area contributed by atoms with Crippen LogP contribution in [0, 0.1) is 0 Å². The molecule has 2 aromatic rings. The van der Waals surface area contributed by atoms with E-state index >= 15 is 0 Å². The molecule has 4 heteroatoms. The van der Waals surface area contributed by atoms with Gasteiger partial charge in [0.15, 0.2) is 0 Å². The maximum Gasteiger partial charge on any atom is 0.253 e. The largest absolute Gasteiger partial charge is 0.398 e. The number of hydrogen-bond acceptors (Lipinski definition) is 2. The average molecular weight is 301 g/mol. The van der Waals surface area contributed by atoms with Gasteiger partial charge < -0.3 is 11.1 Å². The number of anilines is 1. The highest BCUT2D eigenvalue weighted by Gasteiger charge is 2.22. The number of carbonyl (C=O) groups is 1. The fraction of sp³-hybridized carbons (Fsp3) is 0.235. The van der Waals surface area contributed by atoms with E-state index < -0.39 is 0 Å². The molecular formula is C17H17ClN2O. The van der Waals surface area contributed by atoms with Crippen molar-refractivity contribution in [2.75, 3.05) is 5.73 Å². The molecule has 1 atom stereocenters. The van der Waals surface area contributed by atoms with Crippen LogP contribution in [-0.4, -0.2) is 5.91 Å². The van der Waals surface area contributed by atoms with Crippen molar-refractivity contribution in [3.8, 4) is 0 Å². The first-order valence-electron chi connectivity index (χ1n) is 7.09. The Kier molecular flexibility index (Phi) is 3.84. The summed E-state index contributed by atoms with van der Waals surface area (Å²) < 4.78 is 0. The van der Waals surface area contributed by atoms with Gasteiger partial charge >= 0.3 is 0 Å². The average Bonchev–Trinajstić information content (AvgIpc) is 2.50. The standard InChI is InChI=1S/C17H17ClN2O/c18-16-13(8-4-9-14(16)19)17(21)20-15-10-3-6-11-5-1-2-7-12(11)15/h1-2,4-5,7-9,15H,3,6,10,19H2,(H,20,21). The number of amides is 1. The second kappa shape index (κ2) is 5.78. The zero-order chi connectivity index (χ0) is 14.8. The summed E-state index contributed by atoms with van der Waals surface area (Å²) in [7, 11) is 0. The quantitative estimate of drug-likeness (QED) is 0.830. The number of rotatable bonds is 2. The number of halogens is 1. The molecule has 1 aliphatic carbocycles.